The molecule has 4 nitrogen and oxygen atoms in total. The van der Waals surface area contributed by atoms with Crippen molar-refractivity contribution in [2.45, 2.75) is 6.92 Å². The van der Waals surface area contributed by atoms with Gasteiger partial charge in [-0.05, 0) is 24.6 Å². The van der Waals surface area contributed by atoms with Gasteiger partial charge in [0.05, 0.1) is 5.57 Å². The molecule has 1 aliphatic rings. The molecule has 0 fully saturated rings. The smallest absolute Gasteiger partial charge is 0.335 e. The van der Waals surface area contributed by atoms with E-state index in [9.17, 15) is 9.59 Å². The van der Waals surface area contributed by atoms with Crippen molar-refractivity contribution in [1.29, 1.82) is 0 Å². The minimum Gasteiger partial charge on any atom is -0.481 e. The Morgan fingerprint density at radius 2 is 1.93 bits per heavy atom. The molecule has 0 bridgehead atoms. The highest BCUT2D eigenvalue weighted by Gasteiger charge is 2.29. The van der Waals surface area contributed by atoms with Gasteiger partial charge in [0.25, 0.3) is 0 Å². The van der Waals surface area contributed by atoms with Gasteiger partial charge < -0.3 is 10.2 Å². The van der Waals surface area contributed by atoms with Gasteiger partial charge in [-0.2, -0.15) is 0 Å². The molecule has 1 rings (SSSR count). The molecule has 0 aromatic carbocycles. The van der Waals surface area contributed by atoms with E-state index in [0.29, 0.717) is 0 Å². The highest BCUT2D eigenvalue weighted by molar-refractivity contribution is 7.80. The summed E-state index contributed by atoms with van der Waals surface area (Å²) in [6.45, 7) is 1.47. The normalized spacial score (nSPS) is 21.2. The fourth-order valence-electron chi connectivity index (χ4n) is 1.31. The number of allylic oxidation sites excluding steroid dienone is 1. The van der Waals surface area contributed by atoms with Crippen molar-refractivity contribution in [3.63, 3.8) is 0 Å². The van der Waals surface area contributed by atoms with Crippen molar-refractivity contribution >= 4 is 29.0 Å². The average molecular weight is 212 g/mol. The first-order valence-electron chi connectivity index (χ1n) is 3.84. The number of aliphatic carboxylic acids is 2. The van der Waals surface area contributed by atoms with Gasteiger partial charge in [0.15, 0.2) is 0 Å². The highest BCUT2D eigenvalue weighted by Crippen LogP contribution is 2.24. The van der Waals surface area contributed by atoms with Gasteiger partial charge in [0.1, 0.15) is 5.92 Å². The van der Waals surface area contributed by atoms with Gasteiger partial charge in [-0.15, -0.1) is 0 Å². The summed E-state index contributed by atoms with van der Waals surface area (Å²) in [5, 5.41) is 17.6. The van der Waals surface area contributed by atoms with Crippen LogP contribution in [0.5, 0.6) is 0 Å². The van der Waals surface area contributed by atoms with E-state index in [4.69, 9.17) is 22.4 Å². The zero-order chi connectivity index (χ0) is 10.9. The second kappa shape index (κ2) is 3.71. The average Bonchev–Trinajstić information content (AvgIpc) is 2.02. The van der Waals surface area contributed by atoms with Crippen LogP contribution in [-0.2, 0) is 9.59 Å². The number of hydrogen-bond donors (Lipinski definition) is 2. The fourth-order valence-corrected chi connectivity index (χ4v) is 1.65. The van der Waals surface area contributed by atoms with Crippen LogP contribution in [0.25, 0.3) is 0 Å². The van der Waals surface area contributed by atoms with E-state index in [1.807, 2.05) is 0 Å². The standard InChI is InChI=1S/C9H8O4S/c1-4-5(8(10)11)2-3-6(14)7(4)9(12)13/h2-3,7H,1H3,(H,10,11)(H,12,13). The summed E-state index contributed by atoms with van der Waals surface area (Å²) in [4.78, 5) is 21.7. The molecular weight excluding hydrogens is 204 g/mol. The molecule has 1 unspecified atom stereocenters. The van der Waals surface area contributed by atoms with Gasteiger partial charge in [-0.1, -0.05) is 12.2 Å². The maximum Gasteiger partial charge on any atom is 0.335 e. The molecule has 0 amide bonds. The Morgan fingerprint density at radius 3 is 2.36 bits per heavy atom. The van der Waals surface area contributed by atoms with E-state index < -0.39 is 17.9 Å². The molecule has 14 heavy (non-hydrogen) atoms. The number of carbonyl (C=O) groups is 2. The van der Waals surface area contributed by atoms with E-state index in [0.717, 1.165) is 0 Å². The summed E-state index contributed by atoms with van der Waals surface area (Å²) >= 11 is 4.83. The van der Waals surface area contributed by atoms with E-state index in [1.54, 1.807) is 0 Å². The van der Waals surface area contributed by atoms with Crippen molar-refractivity contribution in [1.82, 2.24) is 0 Å². The first-order chi connectivity index (χ1) is 6.45. The largest absolute Gasteiger partial charge is 0.481 e. The minimum absolute atomic E-state index is 0.00556. The molecule has 0 spiro atoms. The van der Waals surface area contributed by atoms with Crippen LogP contribution in [0.3, 0.4) is 0 Å². The Balaban J connectivity index is 3.21. The van der Waals surface area contributed by atoms with Crippen molar-refractivity contribution in [3.8, 4) is 0 Å². The fraction of sp³-hybridized carbons (Fsp3) is 0.222. The maximum absolute atomic E-state index is 10.8. The topological polar surface area (TPSA) is 74.6 Å². The molecule has 74 valence electrons. The van der Waals surface area contributed by atoms with Crippen LogP contribution in [0.4, 0.5) is 0 Å². The predicted octanol–water partition coefficient (Wildman–Crippen LogP) is 1.03. The van der Waals surface area contributed by atoms with Gasteiger partial charge in [-0.25, -0.2) is 4.79 Å². The molecule has 5 heteroatoms. The SMILES string of the molecule is CC1=C(C(=O)O)C=CC(=S)C1C(=O)O. The van der Waals surface area contributed by atoms with Crippen molar-refractivity contribution in [2.24, 2.45) is 5.92 Å². The maximum atomic E-state index is 10.8. The lowest BCUT2D eigenvalue weighted by atomic mass is 9.88. The zero-order valence-corrected chi connectivity index (χ0v) is 8.17. The highest BCUT2D eigenvalue weighted by atomic mass is 32.1. The molecule has 0 aliphatic heterocycles. The molecule has 0 radical (unpaired) electrons. The number of thiocarbonyl (C=S) groups is 1. The number of carboxylic acids is 2. The van der Waals surface area contributed by atoms with Crippen LogP contribution >= 0.6 is 12.2 Å². The molecule has 0 heterocycles. The molecular formula is C9H8O4S. The van der Waals surface area contributed by atoms with Crippen LogP contribution in [0.2, 0.25) is 0 Å². The Morgan fingerprint density at radius 1 is 1.36 bits per heavy atom. The number of carboxylic acid groups (broad SMARTS) is 2. The van der Waals surface area contributed by atoms with Crippen molar-refractivity contribution in [3.05, 3.63) is 23.3 Å². The first kappa shape index (κ1) is 10.6. The summed E-state index contributed by atoms with van der Waals surface area (Å²) < 4.78 is 0. The van der Waals surface area contributed by atoms with Crippen molar-refractivity contribution in [2.75, 3.05) is 0 Å². The molecule has 2 N–H and O–H groups in total. The Hall–Kier alpha value is -1.49. The summed E-state index contributed by atoms with van der Waals surface area (Å²) in [6, 6.07) is 0. The first-order valence-corrected chi connectivity index (χ1v) is 4.24. The quantitative estimate of drug-likeness (QED) is 0.668. The van der Waals surface area contributed by atoms with E-state index in [1.165, 1.54) is 19.1 Å². The second-order valence-electron chi connectivity index (χ2n) is 2.91. The predicted molar refractivity (Wildman–Crippen MR) is 53.2 cm³/mol. The summed E-state index contributed by atoms with van der Waals surface area (Å²) in [5.74, 6) is -3.23. The van der Waals surface area contributed by atoms with Crippen LogP contribution in [0.15, 0.2) is 23.3 Å². The molecule has 0 aromatic heterocycles. The second-order valence-corrected chi connectivity index (χ2v) is 3.38. The Bertz CT molecular complexity index is 378. The van der Waals surface area contributed by atoms with Crippen LogP contribution in [-0.4, -0.2) is 27.0 Å². The van der Waals surface area contributed by atoms with Crippen molar-refractivity contribution < 1.29 is 19.8 Å². The van der Waals surface area contributed by atoms with E-state index >= 15 is 0 Å². The zero-order valence-electron chi connectivity index (χ0n) is 7.35. The van der Waals surface area contributed by atoms with Gasteiger partial charge >= 0.3 is 11.9 Å². The molecule has 0 saturated carbocycles. The van der Waals surface area contributed by atoms with Gasteiger partial charge in [0, 0.05) is 4.86 Å². The summed E-state index contributed by atoms with van der Waals surface area (Å²) in [7, 11) is 0. The van der Waals surface area contributed by atoms with E-state index in [-0.39, 0.29) is 16.0 Å². The number of hydrogen-bond acceptors (Lipinski definition) is 3. The van der Waals surface area contributed by atoms with Gasteiger partial charge in [0.2, 0.25) is 0 Å². The molecule has 1 atom stereocenters. The lowest BCUT2D eigenvalue weighted by Gasteiger charge is -2.17. The molecule has 0 saturated heterocycles. The van der Waals surface area contributed by atoms with Gasteiger partial charge in [-0.3, -0.25) is 4.79 Å². The lowest BCUT2D eigenvalue weighted by molar-refractivity contribution is -0.138. The minimum atomic E-state index is -1.13. The third-order valence-corrected chi connectivity index (χ3v) is 2.41. The van der Waals surface area contributed by atoms with Crippen LogP contribution in [0.1, 0.15) is 6.92 Å². The number of rotatable bonds is 2. The monoisotopic (exact) mass is 212 g/mol. The van der Waals surface area contributed by atoms with Crippen LogP contribution in [0, 0.1) is 5.92 Å². The van der Waals surface area contributed by atoms with Crippen LogP contribution < -0.4 is 0 Å². The molecule has 1 aliphatic carbocycles. The Kier molecular flexibility index (Phi) is 2.81. The molecule has 0 aromatic rings. The Labute approximate surface area is 85.5 Å². The van der Waals surface area contributed by atoms with E-state index in [2.05, 4.69) is 0 Å². The third kappa shape index (κ3) is 1.72. The summed E-state index contributed by atoms with van der Waals surface area (Å²) in [6.07, 6.45) is 2.68. The lowest BCUT2D eigenvalue weighted by Crippen LogP contribution is -2.26. The summed E-state index contributed by atoms with van der Waals surface area (Å²) in [5.41, 5.74) is 0.281. The third-order valence-electron chi connectivity index (χ3n) is 2.03.